The van der Waals surface area contributed by atoms with E-state index in [0.717, 1.165) is 9.13 Å². The standard InChI is InChI=1S/C13H16IN3O3/c1-8-3-2-4-9(11(8)14)13(18)17-5-6-20-10(7-17)12(15)16-19/h2-4,10,19H,5-7H2,1H3,(H2,15,16). The molecular formula is C13H16IN3O3. The summed E-state index contributed by atoms with van der Waals surface area (Å²) in [5.41, 5.74) is 7.28. The highest BCUT2D eigenvalue weighted by Crippen LogP contribution is 2.19. The van der Waals surface area contributed by atoms with Crippen LogP contribution in [0.15, 0.2) is 23.4 Å². The number of ether oxygens (including phenoxy) is 1. The first-order valence-electron chi connectivity index (χ1n) is 6.18. The third kappa shape index (κ3) is 3.04. The molecule has 1 atom stereocenters. The van der Waals surface area contributed by atoms with Crippen molar-refractivity contribution in [3.8, 4) is 0 Å². The molecule has 0 aliphatic carbocycles. The molecular weight excluding hydrogens is 373 g/mol. The Morgan fingerprint density at radius 3 is 3.05 bits per heavy atom. The van der Waals surface area contributed by atoms with Crippen molar-refractivity contribution >= 4 is 34.3 Å². The zero-order chi connectivity index (χ0) is 14.7. The molecule has 3 N–H and O–H groups in total. The van der Waals surface area contributed by atoms with Gasteiger partial charge < -0.3 is 20.6 Å². The number of nitrogens with two attached hydrogens (primary N) is 1. The summed E-state index contributed by atoms with van der Waals surface area (Å²) in [5, 5.41) is 11.6. The van der Waals surface area contributed by atoms with Crippen LogP contribution >= 0.6 is 22.6 Å². The molecule has 1 aromatic carbocycles. The summed E-state index contributed by atoms with van der Waals surface area (Å²) in [4.78, 5) is 14.2. The van der Waals surface area contributed by atoms with Gasteiger partial charge in [0.15, 0.2) is 5.84 Å². The van der Waals surface area contributed by atoms with Gasteiger partial charge >= 0.3 is 0 Å². The Morgan fingerprint density at radius 1 is 1.60 bits per heavy atom. The van der Waals surface area contributed by atoms with Crippen molar-refractivity contribution in [2.24, 2.45) is 10.9 Å². The molecule has 0 aromatic heterocycles. The molecule has 1 heterocycles. The van der Waals surface area contributed by atoms with E-state index < -0.39 is 6.10 Å². The minimum atomic E-state index is -0.555. The lowest BCUT2D eigenvalue weighted by Gasteiger charge is -2.32. The number of hydrogen-bond acceptors (Lipinski definition) is 4. The lowest BCUT2D eigenvalue weighted by atomic mass is 10.1. The molecule has 1 aliphatic rings. The number of carbonyl (C=O) groups excluding carboxylic acids is 1. The van der Waals surface area contributed by atoms with E-state index in [0.29, 0.717) is 25.3 Å². The first-order valence-corrected chi connectivity index (χ1v) is 7.26. The fraction of sp³-hybridized carbons (Fsp3) is 0.385. The number of rotatable bonds is 2. The van der Waals surface area contributed by atoms with Crippen LogP contribution in [-0.2, 0) is 4.74 Å². The SMILES string of the molecule is Cc1cccc(C(=O)N2CCOC(/C(N)=N/O)C2)c1I. The number of aryl methyl sites for hydroxylation is 1. The molecule has 108 valence electrons. The fourth-order valence-corrected chi connectivity index (χ4v) is 2.65. The van der Waals surface area contributed by atoms with Crippen LogP contribution in [0.1, 0.15) is 15.9 Å². The second-order valence-corrected chi connectivity index (χ2v) is 5.65. The van der Waals surface area contributed by atoms with Gasteiger partial charge in [-0.05, 0) is 41.1 Å². The number of amides is 1. The summed E-state index contributed by atoms with van der Waals surface area (Å²) in [5.74, 6) is -0.0708. The van der Waals surface area contributed by atoms with E-state index >= 15 is 0 Å². The normalized spacial score (nSPS) is 20.0. The second kappa shape index (κ2) is 6.40. The van der Waals surface area contributed by atoms with Gasteiger partial charge in [0.1, 0.15) is 6.10 Å². The molecule has 1 amide bonds. The van der Waals surface area contributed by atoms with E-state index in [-0.39, 0.29) is 11.7 Å². The van der Waals surface area contributed by atoms with E-state index in [1.54, 1.807) is 4.90 Å². The maximum absolute atomic E-state index is 12.6. The van der Waals surface area contributed by atoms with E-state index in [2.05, 4.69) is 27.7 Å². The van der Waals surface area contributed by atoms with Crippen molar-refractivity contribution in [1.29, 1.82) is 0 Å². The molecule has 0 saturated carbocycles. The van der Waals surface area contributed by atoms with Crippen LogP contribution in [0.3, 0.4) is 0 Å². The van der Waals surface area contributed by atoms with Crippen LogP contribution in [0.5, 0.6) is 0 Å². The third-order valence-corrected chi connectivity index (χ3v) is 4.65. The number of carbonyl (C=O) groups is 1. The predicted molar refractivity (Wildman–Crippen MR) is 82.9 cm³/mol. The van der Waals surface area contributed by atoms with Gasteiger partial charge in [0.2, 0.25) is 0 Å². The average Bonchev–Trinajstić information content (AvgIpc) is 2.48. The van der Waals surface area contributed by atoms with Gasteiger partial charge in [0.25, 0.3) is 5.91 Å². The summed E-state index contributed by atoms with van der Waals surface area (Å²) in [6.07, 6.45) is -0.555. The van der Waals surface area contributed by atoms with Crippen LogP contribution in [0.25, 0.3) is 0 Å². The Hall–Kier alpha value is -1.35. The molecule has 1 aromatic rings. The highest BCUT2D eigenvalue weighted by molar-refractivity contribution is 14.1. The van der Waals surface area contributed by atoms with Crippen LogP contribution in [-0.4, -0.2) is 47.7 Å². The second-order valence-electron chi connectivity index (χ2n) is 4.57. The highest BCUT2D eigenvalue weighted by Gasteiger charge is 2.28. The van der Waals surface area contributed by atoms with E-state index in [1.807, 2.05) is 25.1 Å². The van der Waals surface area contributed by atoms with E-state index in [4.69, 9.17) is 15.7 Å². The smallest absolute Gasteiger partial charge is 0.255 e. The summed E-state index contributed by atoms with van der Waals surface area (Å²) in [6, 6.07) is 5.65. The van der Waals surface area contributed by atoms with Crippen molar-refractivity contribution in [3.63, 3.8) is 0 Å². The third-order valence-electron chi connectivity index (χ3n) is 3.22. The number of oxime groups is 1. The zero-order valence-corrected chi connectivity index (χ0v) is 13.2. The molecule has 6 nitrogen and oxygen atoms in total. The minimum absolute atomic E-state index is 0.0126. The molecule has 1 saturated heterocycles. The van der Waals surface area contributed by atoms with Crippen LogP contribution < -0.4 is 5.73 Å². The number of hydrogen-bond donors (Lipinski definition) is 2. The summed E-state index contributed by atoms with van der Waals surface area (Å²) in [6.45, 7) is 3.13. The van der Waals surface area contributed by atoms with E-state index in [9.17, 15) is 4.79 Å². The monoisotopic (exact) mass is 389 g/mol. The van der Waals surface area contributed by atoms with Gasteiger partial charge in [-0.1, -0.05) is 17.3 Å². The Balaban J connectivity index is 2.19. The van der Waals surface area contributed by atoms with Gasteiger partial charge in [-0.15, -0.1) is 0 Å². The van der Waals surface area contributed by atoms with Crippen molar-refractivity contribution in [1.82, 2.24) is 4.90 Å². The average molecular weight is 389 g/mol. The minimum Gasteiger partial charge on any atom is -0.409 e. The van der Waals surface area contributed by atoms with Crippen molar-refractivity contribution in [2.45, 2.75) is 13.0 Å². The summed E-state index contributed by atoms with van der Waals surface area (Å²) in [7, 11) is 0. The number of benzene rings is 1. The van der Waals surface area contributed by atoms with Crippen LogP contribution in [0.2, 0.25) is 0 Å². The molecule has 0 spiro atoms. The number of morpholine rings is 1. The fourth-order valence-electron chi connectivity index (χ4n) is 2.06. The lowest BCUT2D eigenvalue weighted by Crippen LogP contribution is -2.50. The molecule has 1 aliphatic heterocycles. The van der Waals surface area contributed by atoms with E-state index in [1.165, 1.54) is 0 Å². The molecule has 20 heavy (non-hydrogen) atoms. The topological polar surface area (TPSA) is 88.2 Å². The maximum Gasteiger partial charge on any atom is 0.255 e. The Morgan fingerprint density at radius 2 is 2.35 bits per heavy atom. The predicted octanol–water partition coefficient (Wildman–Crippen LogP) is 1.19. The quantitative estimate of drug-likeness (QED) is 0.262. The molecule has 1 unspecified atom stereocenters. The van der Waals surface area contributed by atoms with Crippen molar-refractivity contribution in [2.75, 3.05) is 19.7 Å². The first-order chi connectivity index (χ1) is 9.54. The lowest BCUT2D eigenvalue weighted by molar-refractivity contribution is 0.00670. The summed E-state index contributed by atoms with van der Waals surface area (Å²) >= 11 is 2.18. The maximum atomic E-state index is 12.6. The largest absolute Gasteiger partial charge is 0.409 e. The number of halogens is 1. The number of nitrogens with zero attached hydrogens (tertiary/aromatic N) is 2. The van der Waals surface area contributed by atoms with Gasteiger partial charge in [0, 0.05) is 10.1 Å². The van der Waals surface area contributed by atoms with Gasteiger partial charge in [-0.25, -0.2) is 0 Å². The van der Waals surface area contributed by atoms with Crippen LogP contribution in [0.4, 0.5) is 0 Å². The van der Waals surface area contributed by atoms with Gasteiger partial charge in [0.05, 0.1) is 18.7 Å². The van der Waals surface area contributed by atoms with Gasteiger partial charge in [-0.2, -0.15) is 0 Å². The highest BCUT2D eigenvalue weighted by atomic mass is 127. The molecule has 2 rings (SSSR count). The molecule has 1 fully saturated rings. The van der Waals surface area contributed by atoms with Crippen LogP contribution in [0, 0.1) is 10.5 Å². The molecule has 7 heteroatoms. The molecule has 0 bridgehead atoms. The Labute approximate surface area is 130 Å². The number of amidine groups is 1. The Bertz CT molecular complexity index is 548. The first kappa shape index (κ1) is 15.0. The summed E-state index contributed by atoms with van der Waals surface area (Å²) < 4.78 is 6.34. The Kier molecular flexibility index (Phi) is 4.81. The zero-order valence-electron chi connectivity index (χ0n) is 11.0. The van der Waals surface area contributed by atoms with Crippen molar-refractivity contribution in [3.05, 3.63) is 32.9 Å². The van der Waals surface area contributed by atoms with Gasteiger partial charge in [-0.3, -0.25) is 4.79 Å². The van der Waals surface area contributed by atoms with Crippen molar-refractivity contribution < 1.29 is 14.7 Å². The molecule has 0 radical (unpaired) electrons.